The van der Waals surface area contributed by atoms with Gasteiger partial charge in [0.2, 0.25) is 51.4 Å². The van der Waals surface area contributed by atoms with Crippen LogP contribution in [0.25, 0.3) is 17.2 Å². The van der Waals surface area contributed by atoms with Crippen LogP contribution < -0.4 is 31.2 Å². The van der Waals surface area contributed by atoms with Gasteiger partial charge in [-0.2, -0.15) is 13.1 Å². The molecule has 0 spiro atoms. The molecule has 3 aliphatic rings. The van der Waals surface area contributed by atoms with Gasteiger partial charge in [0.25, 0.3) is 0 Å². The van der Waals surface area contributed by atoms with Gasteiger partial charge in [-0.3, -0.25) is 19.2 Å². The van der Waals surface area contributed by atoms with Gasteiger partial charge in [-0.05, 0) is 65.9 Å². The van der Waals surface area contributed by atoms with E-state index in [1.807, 2.05) is 37.0 Å². The molecule has 38 heteroatoms. The Morgan fingerprint density at radius 3 is 1.71 bits per heavy atom. The number of benzene rings is 4. The van der Waals surface area contributed by atoms with Crippen molar-refractivity contribution < 1.29 is 141 Å². The second kappa shape index (κ2) is 48.6. The number of hydrogen-bond acceptors (Lipinski definition) is 27. The number of carboxylic acid groups (broad SMARTS) is 1. The average Bonchev–Trinajstić information content (AvgIpc) is 0.869. The average molecular weight is 1610 g/mol. The third kappa shape index (κ3) is 30.2. The number of carbonyl (C=O) groups excluding carboxylic acids is 5. The van der Waals surface area contributed by atoms with Gasteiger partial charge in [0.1, 0.15) is 36.5 Å². The summed E-state index contributed by atoms with van der Waals surface area (Å²) in [5.41, 5.74) is 9.64. The van der Waals surface area contributed by atoms with Crippen molar-refractivity contribution in [3.63, 3.8) is 0 Å². The molecule has 0 aromatic heterocycles. The smallest absolute Gasteiger partial charge is 0.407 e. The highest BCUT2D eigenvalue weighted by molar-refractivity contribution is 7.89. The number of aliphatic hydroxyl groups is 3. The molecule has 2 saturated heterocycles. The van der Waals surface area contributed by atoms with E-state index in [1.54, 1.807) is 24.3 Å². The highest BCUT2D eigenvalue weighted by atomic mass is 32.2. The number of anilines is 1. The molecular weight excluding hydrogens is 1510 g/mol. The van der Waals surface area contributed by atoms with E-state index in [-0.39, 0.29) is 145 Å². The summed E-state index contributed by atoms with van der Waals surface area (Å²) < 4.78 is 158. The van der Waals surface area contributed by atoms with Crippen molar-refractivity contribution in [2.45, 2.75) is 94.6 Å². The van der Waals surface area contributed by atoms with Crippen LogP contribution in [0.15, 0.2) is 82.2 Å². The molecular formula is C74H99F4N7O26S. The van der Waals surface area contributed by atoms with Gasteiger partial charge < -0.3 is 113 Å². The number of alkyl carbamates (subject to hydrolysis) is 1. The van der Waals surface area contributed by atoms with Crippen molar-refractivity contribution in [2.24, 2.45) is 16.6 Å². The number of amides is 4. The van der Waals surface area contributed by atoms with Gasteiger partial charge in [-0.15, -0.1) is 0 Å². The van der Waals surface area contributed by atoms with Crippen molar-refractivity contribution in [1.82, 2.24) is 19.8 Å². The largest absolute Gasteiger partial charge is 0.479 e. The minimum atomic E-state index is -3.96. The number of amidine groups is 1. The number of aliphatic imine (C=N–C) groups is 1. The molecule has 7 rings (SSSR count). The molecule has 0 unspecified atom stereocenters. The molecule has 3 aliphatic heterocycles. The summed E-state index contributed by atoms with van der Waals surface area (Å²) in [6.07, 6.45) is -7.77. The first-order valence-corrected chi connectivity index (χ1v) is 38.0. The van der Waals surface area contributed by atoms with E-state index in [1.165, 1.54) is 28.6 Å². The van der Waals surface area contributed by atoms with Crippen LogP contribution in [-0.2, 0) is 97.4 Å². The summed E-state index contributed by atoms with van der Waals surface area (Å²) in [6, 6.07) is 16.0. The number of fused-ring (bicyclic) bond motifs is 1. The van der Waals surface area contributed by atoms with Crippen molar-refractivity contribution in [2.75, 3.05) is 177 Å². The zero-order chi connectivity index (χ0) is 80.8. The normalized spacial score (nSPS) is 17.1. The summed E-state index contributed by atoms with van der Waals surface area (Å²) in [4.78, 5) is 82.5. The number of aliphatic carboxylic acids is 1. The number of rotatable bonds is 53. The van der Waals surface area contributed by atoms with Crippen LogP contribution >= 0.6 is 0 Å². The summed E-state index contributed by atoms with van der Waals surface area (Å²) in [5, 5.41) is 48.8. The summed E-state index contributed by atoms with van der Waals surface area (Å²) in [7, 11) is -3.96. The Balaban J connectivity index is 0.692. The van der Waals surface area contributed by atoms with Crippen LogP contribution in [0.2, 0.25) is 0 Å². The molecule has 5 atom stereocenters. The molecule has 112 heavy (non-hydrogen) atoms. The second-order valence-electron chi connectivity index (χ2n) is 25.4. The van der Waals surface area contributed by atoms with E-state index in [0.717, 1.165) is 12.8 Å². The molecule has 0 radical (unpaired) electrons. The number of carboxylic acids is 1. The number of ether oxygens (including phenoxy) is 14. The minimum Gasteiger partial charge on any atom is -0.479 e. The quantitative estimate of drug-likeness (QED) is 0.0101. The van der Waals surface area contributed by atoms with Gasteiger partial charge in [0.05, 0.1) is 155 Å². The minimum absolute atomic E-state index is 0.00171. The lowest BCUT2D eigenvalue weighted by atomic mass is 9.99. The molecule has 0 saturated carbocycles. The third-order valence-electron chi connectivity index (χ3n) is 16.8. The zero-order valence-electron chi connectivity index (χ0n) is 62.3. The zero-order valence-corrected chi connectivity index (χ0v) is 63.2. The maximum atomic E-state index is 13.9. The van der Waals surface area contributed by atoms with Gasteiger partial charge in [-0.1, -0.05) is 44.2 Å². The van der Waals surface area contributed by atoms with Gasteiger partial charge in [-0.25, -0.2) is 31.8 Å². The number of sulfonamides is 1. The highest BCUT2D eigenvalue weighted by Crippen LogP contribution is 2.36. The van der Waals surface area contributed by atoms with E-state index in [0.29, 0.717) is 126 Å². The first-order valence-electron chi connectivity index (χ1n) is 36.6. The molecule has 33 nitrogen and oxygen atoms in total. The number of nitrogens with one attached hydrogen (secondary N) is 3. The fourth-order valence-corrected chi connectivity index (χ4v) is 12.6. The van der Waals surface area contributed by atoms with Crippen LogP contribution in [0.4, 0.5) is 33.7 Å². The van der Waals surface area contributed by atoms with E-state index >= 15 is 0 Å². The number of aliphatic hydroxyl groups excluding tert-OH is 3. The fourth-order valence-electron chi connectivity index (χ4n) is 11.0. The number of hydrogen-bond donors (Lipinski definition) is 8. The first kappa shape index (κ1) is 90.8. The fraction of sp³-hybridized carbons (Fsp3) is 0.554. The molecule has 4 aromatic carbocycles. The van der Waals surface area contributed by atoms with Crippen LogP contribution in [0.5, 0.6) is 11.5 Å². The van der Waals surface area contributed by atoms with Crippen molar-refractivity contribution in [3.05, 3.63) is 107 Å². The summed E-state index contributed by atoms with van der Waals surface area (Å²) in [6.45, 7) is 10.2. The van der Waals surface area contributed by atoms with Crippen molar-refractivity contribution >= 4 is 69.1 Å². The van der Waals surface area contributed by atoms with E-state index in [4.69, 9.17) is 67.3 Å². The Morgan fingerprint density at radius 2 is 1.16 bits per heavy atom. The lowest BCUT2D eigenvalue weighted by Gasteiger charge is -2.38. The third-order valence-corrected chi connectivity index (χ3v) is 18.6. The number of carbonyl (C=O) groups is 6. The Hall–Kier alpha value is -8.42. The maximum absolute atomic E-state index is 13.9. The van der Waals surface area contributed by atoms with Crippen molar-refractivity contribution in [3.8, 4) is 22.6 Å². The summed E-state index contributed by atoms with van der Waals surface area (Å²) in [5.74, 6) is -12.6. The molecule has 9 N–H and O–H groups in total. The van der Waals surface area contributed by atoms with E-state index in [2.05, 4.69) is 25.7 Å². The van der Waals surface area contributed by atoms with Gasteiger partial charge in [0.15, 0.2) is 17.7 Å². The molecule has 3 heterocycles. The number of nitrogens with two attached hydrogens (primary N) is 1. The highest BCUT2D eigenvalue weighted by Gasteiger charge is 2.48. The lowest BCUT2D eigenvalue weighted by molar-refractivity contribution is -0.271. The van der Waals surface area contributed by atoms with Gasteiger partial charge >= 0.3 is 18.0 Å². The molecule has 0 aliphatic carbocycles. The second-order valence-corrected chi connectivity index (χ2v) is 27.4. The van der Waals surface area contributed by atoms with Crippen LogP contribution in [-0.4, -0.2) is 282 Å². The monoisotopic (exact) mass is 1610 g/mol. The standard InChI is InChI=1S/C74H99F4N7O26S/c1-3-16-84(17-4-2)71(92)53-39-52-10-9-51(41-57(52)82-60(79)42-53)50-6-5-7-54(40-50)112(96,97)85-45-49(46-85)44-81-74(95)108-47-48-8-11-59(109-73-68(91)66(89)67(90)70(111-73)72(93)94)58(38-48)83-62(87)12-15-80-61(86)13-18-98-20-22-100-24-26-102-28-30-104-32-34-106-36-37-107-35-33-105-31-29-103-27-25-101-23-21-99-19-14-63(88)110-69-64(77)55(75)43-56(76)65(69)78/h5-11,38-41,43,49,66-68,70,73,89-91H,3-4,12-37,42,44-47H2,1-2H3,(H2,79,82)(H,80,86)(H,81,95)(H,83,87)(H,93,94)/t66-,67-,68+,70-,73+/m0/s1. The van der Waals surface area contributed by atoms with Crippen LogP contribution in [0, 0.1) is 29.2 Å². The lowest BCUT2D eigenvalue weighted by Crippen LogP contribution is -2.61. The summed E-state index contributed by atoms with van der Waals surface area (Å²) >= 11 is 0. The predicted octanol–water partition coefficient (Wildman–Crippen LogP) is 4.15. The molecule has 4 aromatic rings. The Bertz CT molecular complexity index is 3830. The number of halogens is 4. The van der Waals surface area contributed by atoms with Crippen molar-refractivity contribution in [1.29, 1.82) is 0 Å². The first-order chi connectivity index (χ1) is 54.0. The number of esters is 1. The molecule has 2 fully saturated rings. The molecule has 4 amide bonds. The van der Waals surface area contributed by atoms with Crippen LogP contribution in [0.3, 0.4) is 0 Å². The Morgan fingerprint density at radius 1 is 0.625 bits per heavy atom. The predicted molar refractivity (Wildman–Crippen MR) is 390 cm³/mol. The van der Waals surface area contributed by atoms with E-state index in [9.17, 15) is 75.2 Å². The molecule has 0 bridgehead atoms. The van der Waals surface area contributed by atoms with Gasteiger partial charge in [0, 0.05) is 81.7 Å². The van der Waals surface area contributed by atoms with E-state index < -0.39 is 106 Å². The maximum Gasteiger partial charge on any atom is 0.407 e. The topological polar surface area (TPSA) is 428 Å². The van der Waals surface area contributed by atoms with Crippen LogP contribution in [0.1, 0.15) is 63.5 Å². The SMILES string of the molecule is CCCN(CCC)C(=O)C1=Cc2ccc(-c3cccc(S(=O)(=O)N4CC(CNC(=O)OCc5ccc(O[C@@H]6O[C@H](C(=O)O)[C@@H](O)[C@H](O)[C@H]6O)c(NC(=O)CCNC(=O)CCOCCOCCOCCOCCOCCOCCOCCOCCOCCOCCC(=O)Oc6c(F)c(F)cc(F)c6F)c5)C4)c3)cc2N=C(N)C1. The Kier molecular flexibility index (Phi) is 39.4. The number of nitrogens with zero attached hydrogens (tertiary/aromatic N) is 3. The molecule has 620 valence electrons. The Labute approximate surface area is 645 Å².